The number of hydrogen-bond donors (Lipinski definition) is 0. The maximum atomic E-state index is 13.0. The molecule has 208 valence electrons. The van der Waals surface area contributed by atoms with E-state index in [0.29, 0.717) is 41.5 Å². The zero-order valence-electron chi connectivity index (χ0n) is 24.1. The minimum Gasteiger partial charge on any atom is -1.00 e. The zero-order valence-corrected chi connectivity index (χ0v) is 25.7. The second kappa shape index (κ2) is 15.3. The van der Waals surface area contributed by atoms with E-state index in [1.165, 1.54) is 11.6 Å². The van der Waals surface area contributed by atoms with Crippen molar-refractivity contribution < 1.29 is 35.4 Å². The fourth-order valence-corrected chi connectivity index (χ4v) is 4.34. The molecule has 2 rings (SSSR count). The van der Waals surface area contributed by atoms with E-state index in [1.807, 2.05) is 17.0 Å². The van der Waals surface area contributed by atoms with Crippen LogP contribution >= 0.6 is 0 Å². The standard InChI is InChI=1S/C30H47N2O4.BrH/c1-22(2)11-14-26-27(15-12-25-13-16-29(34)36-30(25)26)35-18-10-9-17-32(7,8)21-28(33)31(19-23(3)4)20-24(5)6;/h11-13,15-16,23-24H,9-10,14,17-21H2,1-8H3;1H/q+1;/p-1. The number of carbonyl (C=O) groups excluding carboxylic acids is 1. The van der Waals surface area contributed by atoms with Crippen molar-refractivity contribution >= 4 is 16.9 Å². The van der Waals surface area contributed by atoms with Gasteiger partial charge in [0.1, 0.15) is 11.3 Å². The van der Waals surface area contributed by atoms with Gasteiger partial charge in [-0.3, -0.25) is 4.79 Å². The summed E-state index contributed by atoms with van der Waals surface area (Å²) in [4.78, 5) is 26.9. The highest BCUT2D eigenvalue weighted by Crippen LogP contribution is 2.28. The second-order valence-corrected chi connectivity index (χ2v) is 11.7. The lowest BCUT2D eigenvalue weighted by Gasteiger charge is -2.33. The van der Waals surface area contributed by atoms with E-state index in [-0.39, 0.29) is 28.5 Å². The number of nitrogens with zero attached hydrogens (tertiary/aromatic N) is 2. The topological polar surface area (TPSA) is 59.8 Å². The summed E-state index contributed by atoms with van der Waals surface area (Å²) < 4.78 is 12.4. The molecule has 0 aliphatic rings. The van der Waals surface area contributed by atoms with Gasteiger partial charge in [-0.1, -0.05) is 39.3 Å². The van der Waals surface area contributed by atoms with Crippen molar-refractivity contribution in [1.82, 2.24) is 4.90 Å². The van der Waals surface area contributed by atoms with Gasteiger partial charge in [0.15, 0.2) is 6.54 Å². The first-order valence-electron chi connectivity index (χ1n) is 13.3. The molecule has 0 radical (unpaired) electrons. The number of amides is 1. The zero-order chi connectivity index (χ0) is 26.9. The molecular formula is C30H47BrN2O4. The Hall–Kier alpha value is -2.12. The number of allylic oxidation sites excluding steroid dienone is 2. The third-order valence-corrected chi connectivity index (χ3v) is 6.07. The van der Waals surface area contributed by atoms with Crippen LogP contribution in [0.1, 0.15) is 59.9 Å². The van der Waals surface area contributed by atoms with Gasteiger partial charge in [-0.2, -0.15) is 0 Å². The molecule has 1 aromatic heterocycles. The normalized spacial score (nSPS) is 11.5. The Bertz CT molecular complexity index is 1070. The van der Waals surface area contributed by atoms with Crippen molar-refractivity contribution in [2.45, 2.75) is 60.8 Å². The molecule has 0 bridgehead atoms. The first kappa shape index (κ1) is 32.9. The lowest BCUT2D eigenvalue weighted by molar-refractivity contribution is -0.883. The largest absolute Gasteiger partial charge is 1.00 e. The van der Waals surface area contributed by atoms with Crippen molar-refractivity contribution in [2.75, 3.05) is 46.9 Å². The lowest BCUT2D eigenvalue weighted by Crippen LogP contribution is -3.00. The Morgan fingerprint density at radius 3 is 2.24 bits per heavy atom. The molecular weight excluding hydrogens is 532 g/mol. The molecule has 2 aromatic rings. The van der Waals surface area contributed by atoms with E-state index in [9.17, 15) is 9.59 Å². The maximum Gasteiger partial charge on any atom is 0.336 e. The van der Waals surface area contributed by atoms with Crippen molar-refractivity contribution in [2.24, 2.45) is 11.8 Å². The van der Waals surface area contributed by atoms with Crippen LogP contribution in [0.2, 0.25) is 0 Å². The molecule has 1 heterocycles. The summed E-state index contributed by atoms with van der Waals surface area (Å²) in [5.74, 6) is 1.92. The van der Waals surface area contributed by atoms with Crippen LogP contribution in [0.15, 0.2) is 45.1 Å². The Morgan fingerprint density at radius 2 is 1.65 bits per heavy atom. The van der Waals surface area contributed by atoms with E-state index in [1.54, 1.807) is 6.07 Å². The maximum absolute atomic E-state index is 13.0. The first-order valence-corrected chi connectivity index (χ1v) is 13.3. The van der Waals surface area contributed by atoms with Gasteiger partial charge in [-0.15, -0.1) is 0 Å². The molecule has 37 heavy (non-hydrogen) atoms. The lowest BCUT2D eigenvalue weighted by atomic mass is 10.1. The van der Waals surface area contributed by atoms with Gasteiger partial charge in [0.2, 0.25) is 0 Å². The number of halogens is 1. The minimum absolute atomic E-state index is 0. The van der Waals surface area contributed by atoms with E-state index < -0.39 is 0 Å². The van der Waals surface area contributed by atoms with Gasteiger partial charge in [0, 0.05) is 30.1 Å². The molecule has 0 fully saturated rings. The second-order valence-electron chi connectivity index (χ2n) is 11.7. The summed E-state index contributed by atoms with van der Waals surface area (Å²) >= 11 is 0. The molecule has 0 aliphatic carbocycles. The Kier molecular flexibility index (Phi) is 13.6. The molecule has 1 amide bonds. The summed E-state index contributed by atoms with van der Waals surface area (Å²) in [5.41, 5.74) is 2.35. The summed E-state index contributed by atoms with van der Waals surface area (Å²) in [6.45, 7) is 16.4. The number of fused-ring (bicyclic) bond motifs is 1. The van der Waals surface area contributed by atoms with Crippen molar-refractivity contribution in [3.8, 4) is 5.75 Å². The SMILES string of the molecule is CC(C)=CCc1c(OCCCC[N+](C)(C)CC(=O)N(CC(C)C)CC(C)C)ccc2ccc(=O)oc12.[Br-]. The summed E-state index contributed by atoms with van der Waals surface area (Å²) in [5, 5.41) is 0.895. The molecule has 7 heteroatoms. The van der Waals surface area contributed by atoms with Crippen LogP contribution in [0.3, 0.4) is 0 Å². The number of hydrogen-bond acceptors (Lipinski definition) is 4. The Labute approximate surface area is 234 Å². The van der Waals surface area contributed by atoms with Gasteiger partial charge in [0.25, 0.3) is 5.91 Å². The molecule has 0 aliphatic heterocycles. The van der Waals surface area contributed by atoms with Gasteiger partial charge in [-0.25, -0.2) is 4.79 Å². The Balaban J connectivity index is 0.00000684. The number of likely N-dealkylation sites (N-methyl/N-ethyl adjacent to an activating group) is 1. The highest BCUT2D eigenvalue weighted by Gasteiger charge is 2.25. The Morgan fingerprint density at radius 1 is 1.03 bits per heavy atom. The molecule has 0 atom stereocenters. The number of benzene rings is 1. The highest BCUT2D eigenvalue weighted by molar-refractivity contribution is 5.82. The molecule has 0 saturated carbocycles. The number of unbranched alkanes of at least 4 members (excludes halogenated alkanes) is 1. The third kappa shape index (κ3) is 11.4. The monoisotopic (exact) mass is 578 g/mol. The average molecular weight is 580 g/mol. The predicted octanol–water partition coefficient (Wildman–Crippen LogP) is 2.68. The van der Waals surface area contributed by atoms with E-state index in [4.69, 9.17) is 9.15 Å². The number of rotatable bonds is 14. The number of carbonyl (C=O) groups is 1. The van der Waals surface area contributed by atoms with Crippen LogP contribution in [0.5, 0.6) is 5.75 Å². The summed E-state index contributed by atoms with van der Waals surface area (Å²) in [6, 6.07) is 7.14. The van der Waals surface area contributed by atoms with Crippen LogP contribution < -0.4 is 27.3 Å². The fraction of sp³-hybridized carbons (Fsp3) is 0.600. The minimum atomic E-state index is -0.354. The van der Waals surface area contributed by atoms with Crippen molar-refractivity contribution in [3.05, 3.63) is 51.9 Å². The predicted molar refractivity (Wildman–Crippen MR) is 148 cm³/mol. The summed E-state index contributed by atoms with van der Waals surface area (Å²) in [7, 11) is 4.26. The van der Waals surface area contributed by atoms with Gasteiger partial charge in [0.05, 0.1) is 27.2 Å². The number of ether oxygens (including phenoxy) is 1. The molecule has 0 N–H and O–H groups in total. The smallest absolute Gasteiger partial charge is 0.336 e. The molecule has 1 aromatic carbocycles. The molecule has 6 nitrogen and oxygen atoms in total. The average Bonchev–Trinajstić information content (AvgIpc) is 2.76. The molecule has 0 saturated heterocycles. The van der Waals surface area contributed by atoms with Gasteiger partial charge < -0.3 is 35.5 Å². The summed E-state index contributed by atoms with van der Waals surface area (Å²) in [6.07, 6.45) is 4.61. The van der Waals surface area contributed by atoms with Crippen LogP contribution in [0.4, 0.5) is 0 Å². The van der Waals surface area contributed by atoms with Gasteiger partial charge in [-0.05, 0) is 63.1 Å². The van der Waals surface area contributed by atoms with Crippen molar-refractivity contribution in [3.63, 3.8) is 0 Å². The number of quaternary nitrogens is 1. The van der Waals surface area contributed by atoms with E-state index in [0.717, 1.165) is 49.2 Å². The first-order chi connectivity index (χ1) is 16.9. The quantitative estimate of drug-likeness (QED) is 0.150. The molecule has 0 spiro atoms. The van der Waals surface area contributed by atoms with Crippen LogP contribution in [-0.2, 0) is 11.2 Å². The van der Waals surface area contributed by atoms with Crippen LogP contribution in [0, 0.1) is 11.8 Å². The van der Waals surface area contributed by atoms with Gasteiger partial charge >= 0.3 is 5.63 Å². The third-order valence-electron chi connectivity index (χ3n) is 6.07. The molecule has 0 unspecified atom stereocenters. The van der Waals surface area contributed by atoms with E-state index >= 15 is 0 Å². The fourth-order valence-electron chi connectivity index (χ4n) is 4.34. The van der Waals surface area contributed by atoms with Crippen LogP contribution in [-0.4, -0.2) is 62.2 Å². The van der Waals surface area contributed by atoms with E-state index in [2.05, 4.69) is 61.7 Å². The van der Waals surface area contributed by atoms with Crippen LogP contribution in [0.25, 0.3) is 11.0 Å². The highest BCUT2D eigenvalue weighted by atomic mass is 79.9. The van der Waals surface area contributed by atoms with Crippen molar-refractivity contribution in [1.29, 1.82) is 0 Å².